The lowest BCUT2D eigenvalue weighted by atomic mass is 10.2. The number of halogens is 1. The average Bonchev–Trinajstić information content (AvgIpc) is 3.20. The van der Waals surface area contributed by atoms with Gasteiger partial charge in [-0.1, -0.05) is 28.9 Å². The molecule has 0 saturated heterocycles. The fourth-order valence-electron chi connectivity index (χ4n) is 2.62. The number of aromatic nitrogens is 5. The molecule has 7 nitrogen and oxygen atoms in total. The van der Waals surface area contributed by atoms with Gasteiger partial charge in [0, 0.05) is 18.4 Å². The van der Waals surface area contributed by atoms with Crippen LogP contribution in [-0.4, -0.2) is 38.0 Å². The number of nitrogens with one attached hydrogen (secondary N) is 1. The van der Waals surface area contributed by atoms with E-state index in [0.717, 1.165) is 24.4 Å². The van der Waals surface area contributed by atoms with Gasteiger partial charge in [-0.05, 0) is 38.9 Å². The summed E-state index contributed by atoms with van der Waals surface area (Å²) in [7, 11) is 1.90. The van der Waals surface area contributed by atoms with Gasteiger partial charge in [-0.2, -0.15) is 4.98 Å². The molecule has 1 aromatic carbocycles. The highest BCUT2D eigenvalue weighted by atomic mass is 35.5. The van der Waals surface area contributed by atoms with Crippen LogP contribution in [0.15, 0.2) is 28.8 Å². The van der Waals surface area contributed by atoms with Crippen LogP contribution >= 0.6 is 11.6 Å². The summed E-state index contributed by atoms with van der Waals surface area (Å²) in [5, 5.41) is 12.4. The molecule has 0 radical (unpaired) electrons. The normalized spacial score (nSPS) is 15.5. The van der Waals surface area contributed by atoms with Crippen molar-refractivity contribution in [2.75, 3.05) is 7.05 Å². The lowest BCUT2D eigenvalue weighted by molar-refractivity contribution is 0.416. The van der Waals surface area contributed by atoms with Crippen molar-refractivity contribution >= 4 is 11.6 Å². The molecule has 1 atom stereocenters. The van der Waals surface area contributed by atoms with E-state index in [4.69, 9.17) is 16.1 Å². The van der Waals surface area contributed by atoms with Crippen molar-refractivity contribution in [1.29, 1.82) is 0 Å². The standard InChI is InChI=1S/C17H19ClN6O/c1-10(19-2)9-14-20-17(25-23-14)15-21-16(11-7-8-11)24(22-15)13-6-4-3-5-12(13)18/h3-6,10-11,19H,7-9H2,1-2H3. The van der Waals surface area contributed by atoms with Crippen molar-refractivity contribution in [3.8, 4) is 17.4 Å². The highest BCUT2D eigenvalue weighted by Crippen LogP contribution is 2.41. The van der Waals surface area contributed by atoms with Gasteiger partial charge in [-0.3, -0.25) is 0 Å². The van der Waals surface area contributed by atoms with Crippen LogP contribution in [-0.2, 0) is 6.42 Å². The summed E-state index contributed by atoms with van der Waals surface area (Å²) in [6, 6.07) is 7.87. The third-order valence-electron chi connectivity index (χ3n) is 4.30. The quantitative estimate of drug-likeness (QED) is 0.729. The molecule has 8 heteroatoms. The van der Waals surface area contributed by atoms with Crippen LogP contribution in [0.25, 0.3) is 17.4 Å². The van der Waals surface area contributed by atoms with E-state index >= 15 is 0 Å². The van der Waals surface area contributed by atoms with E-state index in [1.165, 1.54) is 0 Å². The Kier molecular flexibility index (Phi) is 4.27. The third kappa shape index (κ3) is 3.29. The Morgan fingerprint density at radius 3 is 2.84 bits per heavy atom. The molecule has 0 spiro atoms. The summed E-state index contributed by atoms with van der Waals surface area (Å²) < 4.78 is 7.17. The van der Waals surface area contributed by atoms with Crippen molar-refractivity contribution in [3.63, 3.8) is 0 Å². The molecule has 1 fully saturated rings. The summed E-state index contributed by atoms with van der Waals surface area (Å²) in [5.41, 5.74) is 0.813. The molecule has 2 heterocycles. The van der Waals surface area contributed by atoms with E-state index in [0.29, 0.717) is 34.9 Å². The first-order valence-corrected chi connectivity index (χ1v) is 8.75. The van der Waals surface area contributed by atoms with Crippen molar-refractivity contribution in [1.82, 2.24) is 30.2 Å². The first-order valence-electron chi connectivity index (χ1n) is 8.37. The number of likely N-dealkylation sites (N-methyl/N-ethyl adjacent to an activating group) is 1. The van der Waals surface area contributed by atoms with E-state index in [2.05, 4.69) is 32.5 Å². The molecular weight excluding hydrogens is 340 g/mol. The molecule has 2 aromatic heterocycles. The first kappa shape index (κ1) is 16.2. The number of rotatable bonds is 6. The Morgan fingerprint density at radius 2 is 2.12 bits per heavy atom. The molecule has 0 aliphatic heterocycles. The van der Waals surface area contributed by atoms with E-state index in [-0.39, 0.29) is 6.04 Å². The van der Waals surface area contributed by atoms with Gasteiger partial charge in [-0.15, -0.1) is 5.10 Å². The minimum atomic E-state index is 0.265. The largest absolute Gasteiger partial charge is 0.330 e. The zero-order valence-corrected chi connectivity index (χ0v) is 14.9. The minimum absolute atomic E-state index is 0.265. The molecule has 1 aliphatic carbocycles. The predicted molar refractivity (Wildman–Crippen MR) is 93.9 cm³/mol. The smallest absolute Gasteiger partial charge is 0.297 e. The Morgan fingerprint density at radius 1 is 1.32 bits per heavy atom. The highest BCUT2D eigenvalue weighted by Gasteiger charge is 2.32. The minimum Gasteiger partial charge on any atom is -0.330 e. The molecule has 130 valence electrons. The van der Waals surface area contributed by atoms with E-state index in [1.54, 1.807) is 4.68 Å². The maximum absolute atomic E-state index is 6.34. The van der Waals surface area contributed by atoms with Crippen LogP contribution in [0.5, 0.6) is 0 Å². The Bertz CT molecular complexity index is 885. The molecule has 1 aliphatic rings. The summed E-state index contributed by atoms with van der Waals surface area (Å²) in [4.78, 5) is 9.08. The van der Waals surface area contributed by atoms with Gasteiger partial charge in [0.05, 0.1) is 10.7 Å². The second kappa shape index (κ2) is 6.57. The molecule has 0 bridgehead atoms. The van der Waals surface area contributed by atoms with Crippen LogP contribution in [0.3, 0.4) is 0 Å². The van der Waals surface area contributed by atoms with Gasteiger partial charge >= 0.3 is 0 Å². The maximum Gasteiger partial charge on any atom is 0.297 e. The van der Waals surface area contributed by atoms with Gasteiger partial charge in [-0.25, -0.2) is 9.67 Å². The summed E-state index contributed by atoms with van der Waals surface area (Å²) >= 11 is 6.34. The lowest BCUT2D eigenvalue weighted by Crippen LogP contribution is -2.24. The number of para-hydroxylation sites is 1. The second-order valence-corrected chi connectivity index (χ2v) is 6.75. The Hall–Kier alpha value is -2.25. The molecule has 4 rings (SSSR count). The Balaban J connectivity index is 1.70. The van der Waals surface area contributed by atoms with Crippen LogP contribution in [0.4, 0.5) is 0 Å². The molecular formula is C17H19ClN6O. The monoisotopic (exact) mass is 358 g/mol. The van der Waals surface area contributed by atoms with Gasteiger partial charge < -0.3 is 9.84 Å². The molecule has 1 saturated carbocycles. The predicted octanol–water partition coefficient (Wildman–Crippen LogP) is 3.00. The van der Waals surface area contributed by atoms with Crippen LogP contribution < -0.4 is 5.32 Å². The summed E-state index contributed by atoms with van der Waals surface area (Å²) in [6.45, 7) is 2.06. The van der Waals surface area contributed by atoms with Gasteiger partial charge in [0.1, 0.15) is 5.82 Å². The molecule has 1 N–H and O–H groups in total. The van der Waals surface area contributed by atoms with Crippen molar-refractivity contribution < 1.29 is 4.52 Å². The number of hydrogen-bond acceptors (Lipinski definition) is 6. The second-order valence-electron chi connectivity index (χ2n) is 6.34. The first-order chi connectivity index (χ1) is 12.2. The number of nitrogens with zero attached hydrogens (tertiary/aromatic N) is 5. The fraction of sp³-hybridized carbons (Fsp3) is 0.412. The van der Waals surface area contributed by atoms with Crippen molar-refractivity contribution in [2.24, 2.45) is 0 Å². The zero-order chi connectivity index (χ0) is 17.4. The van der Waals surface area contributed by atoms with Crippen LogP contribution in [0.2, 0.25) is 5.02 Å². The van der Waals surface area contributed by atoms with Gasteiger partial charge in [0.15, 0.2) is 5.82 Å². The molecule has 25 heavy (non-hydrogen) atoms. The van der Waals surface area contributed by atoms with Gasteiger partial charge in [0.25, 0.3) is 5.89 Å². The Labute approximate surface area is 150 Å². The van der Waals surface area contributed by atoms with E-state index in [9.17, 15) is 0 Å². The van der Waals surface area contributed by atoms with E-state index in [1.807, 2.05) is 31.3 Å². The summed E-state index contributed by atoms with van der Waals surface area (Å²) in [5.74, 6) is 2.72. The molecule has 3 aromatic rings. The zero-order valence-electron chi connectivity index (χ0n) is 14.1. The van der Waals surface area contributed by atoms with Crippen molar-refractivity contribution in [2.45, 2.75) is 38.1 Å². The lowest BCUT2D eigenvalue weighted by Gasteiger charge is -2.06. The fourth-order valence-corrected chi connectivity index (χ4v) is 2.84. The van der Waals surface area contributed by atoms with Gasteiger partial charge in [0.2, 0.25) is 5.82 Å². The van der Waals surface area contributed by atoms with Crippen LogP contribution in [0.1, 0.15) is 37.3 Å². The SMILES string of the molecule is CNC(C)Cc1noc(-c2nc(C3CC3)n(-c3ccccc3Cl)n2)n1. The van der Waals surface area contributed by atoms with Crippen LogP contribution in [0, 0.1) is 0 Å². The summed E-state index contributed by atoms with van der Waals surface area (Å²) in [6.07, 6.45) is 2.90. The van der Waals surface area contributed by atoms with E-state index < -0.39 is 0 Å². The highest BCUT2D eigenvalue weighted by molar-refractivity contribution is 6.32. The number of hydrogen-bond donors (Lipinski definition) is 1. The molecule has 0 amide bonds. The van der Waals surface area contributed by atoms with Crippen molar-refractivity contribution in [3.05, 3.63) is 40.9 Å². The maximum atomic E-state index is 6.34. The topological polar surface area (TPSA) is 81.7 Å². The average molecular weight is 359 g/mol. The number of benzene rings is 1. The third-order valence-corrected chi connectivity index (χ3v) is 4.62. The molecule has 1 unspecified atom stereocenters.